The molecule has 0 bridgehead atoms. The molecule has 1 unspecified atom stereocenters. The lowest BCUT2D eigenvalue weighted by molar-refractivity contribution is -0.138. The third-order valence-corrected chi connectivity index (χ3v) is 4.20. The number of urea groups is 1. The summed E-state index contributed by atoms with van der Waals surface area (Å²) in [6.07, 6.45) is 3.99. The standard InChI is InChI=1S/C14H24N2O3/c1-14(2)6-4-7-15(10-14)13(19)16-8-3-5-11(16)9-12(17)18/h11H,3-10H2,1-2H3,(H,17,18). The molecule has 2 heterocycles. The molecule has 0 aromatic carbocycles. The fourth-order valence-electron chi connectivity index (χ4n) is 3.27. The van der Waals surface area contributed by atoms with Gasteiger partial charge >= 0.3 is 12.0 Å². The Bertz CT molecular complexity index is 368. The smallest absolute Gasteiger partial charge is 0.320 e. The number of aliphatic carboxylic acids is 1. The van der Waals surface area contributed by atoms with E-state index in [1.165, 1.54) is 0 Å². The number of amides is 2. The third-order valence-electron chi connectivity index (χ3n) is 4.20. The predicted octanol–water partition coefficient (Wildman–Crippen LogP) is 2.17. The number of nitrogens with zero attached hydrogens (tertiary/aromatic N) is 2. The van der Waals surface area contributed by atoms with Crippen molar-refractivity contribution in [3.8, 4) is 0 Å². The van der Waals surface area contributed by atoms with Gasteiger partial charge in [0, 0.05) is 25.7 Å². The lowest BCUT2D eigenvalue weighted by Gasteiger charge is -2.40. The number of hydrogen-bond donors (Lipinski definition) is 1. The molecule has 0 aromatic heterocycles. The fourth-order valence-corrected chi connectivity index (χ4v) is 3.27. The van der Waals surface area contributed by atoms with Gasteiger partial charge in [0.15, 0.2) is 0 Å². The summed E-state index contributed by atoms with van der Waals surface area (Å²) in [6.45, 7) is 6.66. The van der Waals surface area contributed by atoms with Crippen LogP contribution in [0.25, 0.3) is 0 Å². The first-order valence-corrected chi connectivity index (χ1v) is 7.16. The summed E-state index contributed by atoms with van der Waals surface area (Å²) in [6, 6.07) is -0.0773. The first-order valence-electron chi connectivity index (χ1n) is 7.16. The van der Waals surface area contributed by atoms with E-state index >= 15 is 0 Å². The minimum atomic E-state index is -0.816. The second kappa shape index (κ2) is 5.39. The van der Waals surface area contributed by atoms with Crippen LogP contribution in [-0.2, 0) is 4.79 Å². The number of rotatable bonds is 2. The first kappa shape index (κ1) is 14.2. The number of carboxylic acids is 1. The van der Waals surface area contributed by atoms with Crippen molar-refractivity contribution in [2.75, 3.05) is 19.6 Å². The number of carbonyl (C=O) groups is 2. The van der Waals surface area contributed by atoms with E-state index in [-0.39, 0.29) is 23.9 Å². The molecule has 2 aliphatic heterocycles. The number of likely N-dealkylation sites (tertiary alicyclic amines) is 2. The molecular weight excluding hydrogens is 244 g/mol. The van der Waals surface area contributed by atoms with Crippen LogP contribution in [0.1, 0.15) is 46.0 Å². The molecule has 1 atom stereocenters. The molecule has 0 saturated carbocycles. The summed E-state index contributed by atoms with van der Waals surface area (Å²) < 4.78 is 0. The van der Waals surface area contributed by atoms with Gasteiger partial charge in [-0.15, -0.1) is 0 Å². The van der Waals surface area contributed by atoms with E-state index in [4.69, 9.17) is 5.11 Å². The zero-order valence-corrected chi connectivity index (χ0v) is 11.9. The van der Waals surface area contributed by atoms with Crippen LogP contribution in [0.3, 0.4) is 0 Å². The molecule has 0 spiro atoms. The molecule has 2 saturated heterocycles. The van der Waals surface area contributed by atoms with E-state index in [1.54, 1.807) is 4.90 Å². The molecule has 0 aromatic rings. The van der Waals surface area contributed by atoms with E-state index in [2.05, 4.69) is 13.8 Å². The van der Waals surface area contributed by atoms with Gasteiger partial charge in [-0.3, -0.25) is 4.79 Å². The van der Waals surface area contributed by atoms with Gasteiger partial charge in [-0.2, -0.15) is 0 Å². The molecule has 0 radical (unpaired) electrons. The number of carbonyl (C=O) groups excluding carboxylic acids is 1. The van der Waals surface area contributed by atoms with Crippen molar-refractivity contribution in [2.45, 2.75) is 52.0 Å². The second-order valence-electron chi connectivity index (χ2n) is 6.56. The summed E-state index contributed by atoms with van der Waals surface area (Å²) in [5, 5.41) is 8.92. The van der Waals surface area contributed by atoms with Crippen LogP contribution in [0.2, 0.25) is 0 Å². The predicted molar refractivity (Wildman–Crippen MR) is 72.0 cm³/mol. The lowest BCUT2D eigenvalue weighted by Crippen LogP contribution is -2.51. The largest absolute Gasteiger partial charge is 0.481 e. The Hall–Kier alpha value is -1.26. The minimum Gasteiger partial charge on any atom is -0.481 e. The van der Waals surface area contributed by atoms with Crippen molar-refractivity contribution in [1.29, 1.82) is 0 Å². The van der Waals surface area contributed by atoms with Gasteiger partial charge in [0.25, 0.3) is 0 Å². The summed E-state index contributed by atoms with van der Waals surface area (Å²) in [5.41, 5.74) is 0.177. The number of carboxylic acid groups (broad SMARTS) is 1. The van der Waals surface area contributed by atoms with Crippen LogP contribution in [-0.4, -0.2) is 52.6 Å². The van der Waals surface area contributed by atoms with Crippen molar-refractivity contribution >= 4 is 12.0 Å². The SMILES string of the molecule is CC1(C)CCCN(C(=O)N2CCCC2CC(=O)O)C1. The Morgan fingerprint density at radius 2 is 2.00 bits per heavy atom. The van der Waals surface area contributed by atoms with E-state index < -0.39 is 5.97 Å². The molecule has 5 heteroatoms. The first-order chi connectivity index (χ1) is 8.89. The Kier molecular flexibility index (Phi) is 4.02. The zero-order valence-electron chi connectivity index (χ0n) is 11.9. The van der Waals surface area contributed by atoms with Crippen LogP contribution in [0.4, 0.5) is 4.79 Å². The van der Waals surface area contributed by atoms with Crippen molar-refractivity contribution in [1.82, 2.24) is 9.80 Å². The Labute approximate surface area is 114 Å². The van der Waals surface area contributed by atoms with Crippen molar-refractivity contribution in [3.63, 3.8) is 0 Å². The van der Waals surface area contributed by atoms with Crippen molar-refractivity contribution < 1.29 is 14.7 Å². The number of hydrogen-bond acceptors (Lipinski definition) is 2. The molecular formula is C14H24N2O3. The molecule has 2 fully saturated rings. The maximum Gasteiger partial charge on any atom is 0.320 e. The Balaban J connectivity index is 2.00. The maximum atomic E-state index is 12.5. The molecule has 0 aliphatic carbocycles. The van der Waals surface area contributed by atoms with Gasteiger partial charge in [-0.1, -0.05) is 13.8 Å². The number of piperidine rings is 1. The molecule has 5 nitrogen and oxygen atoms in total. The monoisotopic (exact) mass is 268 g/mol. The summed E-state index contributed by atoms with van der Waals surface area (Å²) in [4.78, 5) is 27.1. The molecule has 2 amide bonds. The van der Waals surface area contributed by atoms with Gasteiger partial charge < -0.3 is 14.9 Å². The van der Waals surface area contributed by atoms with Gasteiger partial charge in [0.1, 0.15) is 0 Å². The maximum absolute atomic E-state index is 12.5. The minimum absolute atomic E-state index is 0.0384. The van der Waals surface area contributed by atoms with E-state index in [0.717, 1.165) is 38.8 Å². The van der Waals surface area contributed by atoms with Gasteiger partial charge in [-0.25, -0.2) is 4.79 Å². The third kappa shape index (κ3) is 3.39. The summed E-state index contributed by atoms with van der Waals surface area (Å²) in [5.74, 6) is -0.816. The second-order valence-corrected chi connectivity index (χ2v) is 6.56. The summed E-state index contributed by atoms with van der Waals surface area (Å²) >= 11 is 0. The van der Waals surface area contributed by atoms with Gasteiger partial charge in [0.05, 0.1) is 6.42 Å². The van der Waals surface area contributed by atoms with E-state index in [0.29, 0.717) is 6.54 Å². The van der Waals surface area contributed by atoms with Crippen LogP contribution < -0.4 is 0 Å². The summed E-state index contributed by atoms with van der Waals surface area (Å²) in [7, 11) is 0. The Morgan fingerprint density at radius 1 is 1.26 bits per heavy atom. The molecule has 2 rings (SSSR count). The molecule has 108 valence electrons. The fraction of sp³-hybridized carbons (Fsp3) is 0.857. The quantitative estimate of drug-likeness (QED) is 0.835. The highest BCUT2D eigenvalue weighted by Gasteiger charge is 2.36. The topological polar surface area (TPSA) is 60.9 Å². The Morgan fingerprint density at radius 3 is 2.63 bits per heavy atom. The lowest BCUT2D eigenvalue weighted by atomic mass is 9.84. The van der Waals surface area contributed by atoms with Crippen LogP contribution >= 0.6 is 0 Å². The van der Waals surface area contributed by atoms with E-state index in [1.807, 2.05) is 4.90 Å². The van der Waals surface area contributed by atoms with Crippen molar-refractivity contribution in [3.05, 3.63) is 0 Å². The zero-order chi connectivity index (χ0) is 14.0. The van der Waals surface area contributed by atoms with Crippen LogP contribution in [0, 0.1) is 5.41 Å². The molecule has 19 heavy (non-hydrogen) atoms. The average Bonchev–Trinajstić information content (AvgIpc) is 2.74. The van der Waals surface area contributed by atoms with E-state index in [9.17, 15) is 9.59 Å². The molecule has 2 aliphatic rings. The average molecular weight is 268 g/mol. The van der Waals surface area contributed by atoms with Crippen molar-refractivity contribution in [2.24, 2.45) is 5.41 Å². The normalized spacial score (nSPS) is 26.5. The highest BCUT2D eigenvalue weighted by Crippen LogP contribution is 2.30. The van der Waals surface area contributed by atoms with Crippen LogP contribution in [0.15, 0.2) is 0 Å². The highest BCUT2D eigenvalue weighted by molar-refractivity contribution is 5.76. The van der Waals surface area contributed by atoms with Gasteiger partial charge in [-0.05, 0) is 31.1 Å². The highest BCUT2D eigenvalue weighted by atomic mass is 16.4. The molecule has 1 N–H and O–H groups in total. The van der Waals surface area contributed by atoms with Gasteiger partial charge in [0.2, 0.25) is 0 Å². The van der Waals surface area contributed by atoms with Crippen LogP contribution in [0.5, 0.6) is 0 Å².